The standard InChI is InChI=1S/C17H19F2N5O2/c1-10-4-5-14(22-9-10)11-6-12(15(25)26-3)8-13(7-11)24(21)16(23-20)17(2,18)19/h4-9H,20-21H2,1-3H3/b23-16-. The van der Waals surface area contributed by atoms with E-state index in [1.807, 2.05) is 13.0 Å². The highest BCUT2D eigenvalue weighted by Crippen LogP contribution is 2.28. The second-order valence-electron chi connectivity index (χ2n) is 5.69. The van der Waals surface area contributed by atoms with Crippen molar-refractivity contribution in [1.82, 2.24) is 4.98 Å². The van der Waals surface area contributed by atoms with Crippen molar-refractivity contribution in [2.45, 2.75) is 19.8 Å². The summed E-state index contributed by atoms with van der Waals surface area (Å²) in [6.45, 7) is 2.49. The summed E-state index contributed by atoms with van der Waals surface area (Å²) >= 11 is 0. The number of halogens is 2. The molecule has 0 fully saturated rings. The first-order chi connectivity index (χ1) is 12.2. The predicted octanol–water partition coefficient (Wildman–Crippen LogP) is 2.45. The number of carbonyl (C=O) groups excluding carboxylic acids is 1. The fraction of sp³-hybridized carbons (Fsp3) is 0.235. The van der Waals surface area contributed by atoms with Crippen molar-refractivity contribution in [3.05, 3.63) is 47.7 Å². The molecule has 0 amide bonds. The highest BCUT2D eigenvalue weighted by atomic mass is 19.3. The Morgan fingerprint density at radius 2 is 2.00 bits per heavy atom. The van der Waals surface area contributed by atoms with Gasteiger partial charge in [0.25, 0.3) is 0 Å². The van der Waals surface area contributed by atoms with Gasteiger partial charge in [-0.3, -0.25) is 9.99 Å². The Morgan fingerprint density at radius 1 is 1.31 bits per heavy atom. The predicted molar refractivity (Wildman–Crippen MR) is 94.7 cm³/mol. The molecule has 7 nitrogen and oxygen atoms in total. The summed E-state index contributed by atoms with van der Waals surface area (Å²) in [7, 11) is 1.21. The number of hydrogen-bond donors (Lipinski definition) is 2. The van der Waals surface area contributed by atoms with Crippen LogP contribution in [-0.4, -0.2) is 29.8 Å². The molecule has 0 aliphatic rings. The van der Waals surface area contributed by atoms with E-state index in [9.17, 15) is 13.6 Å². The summed E-state index contributed by atoms with van der Waals surface area (Å²) in [5.74, 6) is 5.97. The molecule has 0 aliphatic carbocycles. The van der Waals surface area contributed by atoms with Crippen molar-refractivity contribution in [1.29, 1.82) is 0 Å². The third-order valence-electron chi connectivity index (χ3n) is 3.57. The quantitative estimate of drug-likeness (QED) is 0.284. The number of hydrazone groups is 1. The summed E-state index contributed by atoms with van der Waals surface area (Å²) in [5.41, 5.74) is 2.17. The largest absolute Gasteiger partial charge is 0.465 e. The van der Waals surface area contributed by atoms with Crippen molar-refractivity contribution in [2.24, 2.45) is 16.8 Å². The van der Waals surface area contributed by atoms with Gasteiger partial charge in [-0.2, -0.15) is 13.9 Å². The second kappa shape index (κ2) is 7.44. The number of pyridine rings is 1. The van der Waals surface area contributed by atoms with Crippen LogP contribution in [0.1, 0.15) is 22.8 Å². The Balaban J connectivity index is 2.60. The first-order valence-corrected chi connectivity index (χ1v) is 7.54. The molecule has 2 rings (SSSR count). The molecule has 26 heavy (non-hydrogen) atoms. The van der Waals surface area contributed by atoms with Gasteiger partial charge in [0.2, 0.25) is 5.84 Å². The van der Waals surface area contributed by atoms with Crippen LogP contribution in [0.2, 0.25) is 0 Å². The van der Waals surface area contributed by atoms with Crippen LogP contribution in [0.25, 0.3) is 11.3 Å². The van der Waals surface area contributed by atoms with E-state index in [2.05, 4.69) is 10.1 Å². The number of hydrazine groups is 1. The zero-order chi connectivity index (χ0) is 19.5. The molecule has 0 radical (unpaired) electrons. The summed E-state index contributed by atoms with van der Waals surface area (Å²) in [6, 6.07) is 7.91. The first-order valence-electron chi connectivity index (χ1n) is 7.54. The van der Waals surface area contributed by atoms with Gasteiger partial charge in [0.1, 0.15) is 0 Å². The number of anilines is 1. The zero-order valence-corrected chi connectivity index (χ0v) is 14.5. The lowest BCUT2D eigenvalue weighted by atomic mass is 10.0. The molecule has 1 aromatic carbocycles. The fourth-order valence-corrected chi connectivity index (χ4v) is 2.28. The van der Waals surface area contributed by atoms with Crippen LogP contribution < -0.4 is 16.7 Å². The molecule has 0 atom stereocenters. The SMILES string of the molecule is COC(=O)c1cc(-c2ccc(C)cn2)cc(N(N)/C(=N\N)C(C)(F)F)c1. The molecule has 0 aliphatic heterocycles. The third kappa shape index (κ3) is 4.12. The molecule has 138 valence electrons. The van der Waals surface area contributed by atoms with Crippen LogP contribution in [0, 0.1) is 6.92 Å². The highest BCUT2D eigenvalue weighted by molar-refractivity contribution is 6.03. The molecule has 4 N–H and O–H groups in total. The van der Waals surface area contributed by atoms with E-state index in [0.29, 0.717) is 23.2 Å². The van der Waals surface area contributed by atoms with Gasteiger partial charge in [-0.15, -0.1) is 0 Å². The van der Waals surface area contributed by atoms with Gasteiger partial charge in [-0.05, 0) is 36.8 Å². The lowest BCUT2D eigenvalue weighted by molar-refractivity contribution is 0.0600. The smallest absolute Gasteiger partial charge is 0.337 e. The summed E-state index contributed by atoms with van der Waals surface area (Å²) in [6.07, 6.45) is 1.65. The number of alkyl halides is 2. The van der Waals surface area contributed by atoms with Crippen molar-refractivity contribution >= 4 is 17.5 Å². The number of nitrogens with two attached hydrogens (primary N) is 2. The number of benzene rings is 1. The maximum atomic E-state index is 13.7. The number of amidine groups is 1. The van der Waals surface area contributed by atoms with Crippen LogP contribution in [0.3, 0.4) is 0 Å². The minimum Gasteiger partial charge on any atom is -0.465 e. The maximum absolute atomic E-state index is 13.7. The number of nitrogens with zero attached hydrogens (tertiary/aromatic N) is 3. The third-order valence-corrected chi connectivity index (χ3v) is 3.57. The Kier molecular flexibility index (Phi) is 5.51. The zero-order valence-electron chi connectivity index (χ0n) is 14.5. The van der Waals surface area contributed by atoms with Crippen LogP contribution >= 0.6 is 0 Å². The van der Waals surface area contributed by atoms with Crippen LogP contribution in [0.4, 0.5) is 14.5 Å². The van der Waals surface area contributed by atoms with Gasteiger partial charge in [-0.1, -0.05) is 6.07 Å². The van der Waals surface area contributed by atoms with E-state index in [0.717, 1.165) is 5.56 Å². The fourth-order valence-electron chi connectivity index (χ4n) is 2.28. The minimum atomic E-state index is -3.38. The summed E-state index contributed by atoms with van der Waals surface area (Å²) < 4.78 is 32.1. The number of esters is 1. The van der Waals surface area contributed by atoms with Gasteiger partial charge < -0.3 is 10.6 Å². The average molecular weight is 363 g/mol. The molecular formula is C17H19F2N5O2. The minimum absolute atomic E-state index is 0.0796. The summed E-state index contributed by atoms with van der Waals surface area (Å²) in [5, 5.41) is 3.71. The van der Waals surface area contributed by atoms with Crippen molar-refractivity contribution in [3.8, 4) is 11.3 Å². The summed E-state index contributed by atoms with van der Waals surface area (Å²) in [4.78, 5) is 16.2. The van der Waals surface area contributed by atoms with Crippen molar-refractivity contribution in [3.63, 3.8) is 0 Å². The molecule has 0 spiro atoms. The molecule has 1 heterocycles. The Morgan fingerprint density at radius 3 is 2.50 bits per heavy atom. The molecule has 0 bridgehead atoms. The number of hydrogen-bond acceptors (Lipinski definition) is 6. The number of aromatic nitrogens is 1. The topological polar surface area (TPSA) is 107 Å². The lowest BCUT2D eigenvalue weighted by Gasteiger charge is -2.24. The van der Waals surface area contributed by atoms with E-state index >= 15 is 0 Å². The van der Waals surface area contributed by atoms with E-state index in [4.69, 9.17) is 16.4 Å². The number of aryl methyl sites for hydroxylation is 1. The van der Waals surface area contributed by atoms with Crippen molar-refractivity contribution in [2.75, 3.05) is 12.1 Å². The van der Waals surface area contributed by atoms with Crippen LogP contribution in [0.15, 0.2) is 41.6 Å². The number of rotatable bonds is 4. The molecular weight excluding hydrogens is 344 g/mol. The van der Waals surface area contributed by atoms with Crippen LogP contribution in [0.5, 0.6) is 0 Å². The number of ether oxygens (including phenoxy) is 1. The Hall–Kier alpha value is -3.07. The van der Waals surface area contributed by atoms with Gasteiger partial charge in [0.15, 0.2) is 0 Å². The second-order valence-corrected chi connectivity index (χ2v) is 5.69. The highest BCUT2D eigenvalue weighted by Gasteiger charge is 2.34. The Labute approximate surface area is 149 Å². The van der Waals surface area contributed by atoms with Gasteiger partial charge in [0, 0.05) is 18.7 Å². The lowest BCUT2D eigenvalue weighted by Crippen LogP contribution is -2.47. The Bertz CT molecular complexity index is 832. The van der Waals surface area contributed by atoms with Gasteiger partial charge >= 0.3 is 11.9 Å². The maximum Gasteiger partial charge on any atom is 0.337 e. The van der Waals surface area contributed by atoms with E-state index in [1.54, 1.807) is 12.3 Å². The van der Waals surface area contributed by atoms with Gasteiger partial charge in [-0.25, -0.2) is 10.6 Å². The first kappa shape index (κ1) is 19.3. The molecule has 1 aromatic heterocycles. The van der Waals surface area contributed by atoms with E-state index < -0.39 is 17.7 Å². The van der Waals surface area contributed by atoms with Gasteiger partial charge in [0.05, 0.1) is 24.1 Å². The molecule has 2 aromatic rings. The molecule has 0 saturated carbocycles. The van der Waals surface area contributed by atoms with Crippen LogP contribution in [-0.2, 0) is 4.74 Å². The average Bonchev–Trinajstić information content (AvgIpc) is 2.60. The molecule has 0 unspecified atom stereocenters. The number of methoxy groups -OCH3 is 1. The molecule has 0 saturated heterocycles. The monoisotopic (exact) mass is 363 g/mol. The van der Waals surface area contributed by atoms with E-state index in [1.165, 1.54) is 25.3 Å². The molecule has 9 heteroatoms. The number of carbonyl (C=O) groups is 1. The van der Waals surface area contributed by atoms with Crippen molar-refractivity contribution < 1.29 is 18.3 Å². The van der Waals surface area contributed by atoms with E-state index in [-0.39, 0.29) is 11.3 Å². The normalized spacial score (nSPS) is 12.0.